The normalized spacial score (nSPS) is 23.1. The summed E-state index contributed by atoms with van der Waals surface area (Å²) in [6.07, 6.45) is 3.30. The van der Waals surface area contributed by atoms with Crippen molar-refractivity contribution in [3.63, 3.8) is 0 Å². The molecule has 0 aliphatic heterocycles. The molecule has 0 saturated heterocycles. The fourth-order valence-electron chi connectivity index (χ4n) is 2.59. The molecular formula is C15H20FNO2. The van der Waals surface area contributed by atoms with E-state index in [1.54, 1.807) is 12.1 Å². The number of hydrogen-bond acceptors (Lipinski definition) is 2. The third-order valence-electron chi connectivity index (χ3n) is 3.67. The summed E-state index contributed by atoms with van der Waals surface area (Å²) < 4.78 is 13.5. The first-order chi connectivity index (χ1) is 9.06. The van der Waals surface area contributed by atoms with Crippen molar-refractivity contribution < 1.29 is 14.3 Å². The zero-order chi connectivity index (χ0) is 13.8. The predicted molar refractivity (Wildman–Crippen MR) is 71.4 cm³/mol. The van der Waals surface area contributed by atoms with Gasteiger partial charge in [0, 0.05) is 6.54 Å². The Labute approximate surface area is 112 Å². The lowest BCUT2D eigenvalue weighted by Crippen LogP contribution is -2.33. The Morgan fingerprint density at radius 3 is 3.00 bits per heavy atom. The predicted octanol–water partition coefficient (Wildman–Crippen LogP) is 2.42. The van der Waals surface area contributed by atoms with Gasteiger partial charge in [0.2, 0.25) is 0 Å². The highest BCUT2D eigenvalue weighted by atomic mass is 19.1. The fraction of sp³-hybridized carbons (Fsp3) is 0.533. The van der Waals surface area contributed by atoms with Crippen molar-refractivity contribution in [2.24, 2.45) is 5.92 Å². The van der Waals surface area contributed by atoms with E-state index >= 15 is 0 Å². The van der Waals surface area contributed by atoms with Gasteiger partial charge in [0.25, 0.3) is 5.91 Å². The fourth-order valence-corrected chi connectivity index (χ4v) is 2.59. The summed E-state index contributed by atoms with van der Waals surface area (Å²) in [6, 6.07) is 4.51. The second-order valence-corrected chi connectivity index (χ2v) is 5.38. The van der Waals surface area contributed by atoms with Crippen LogP contribution in [-0.4, -0.2) is 23.7 Å². The van der Waals surface area contributed by atoms with E-state index in [0.717, 1.165) is 31.2 Å². The molecule has 0 heterocycles. The van der Waals surface area contributed by atoms with Crippen LogP contribution in [0.15, 0.2) is 18.2 Å². The van der Waals surface area contributed by atoms with Crippen LogP contribution in [0.25, 0.3) is 0 Å². The highest BCUT2D eigenvalue weighted by molar-refractivity contribution is 5.94. The Morgan fingerprint density at radius 1 is 1.47 bits per heavy atom. The van der Waals surface area contributed by atoms with Gasteiger partial charge in [-0.2, -0.15) is 0 Å². The molecule has 2 atom stereocenters. The van der Waals surface area contributed by atoms with Crippen LogP contribution in [-0.2, 0) is 0 Å². The highest BCUT2D eigenvalue weighted by Gasteiger charge is 2.21. The van der Waals surface area contributed by atoms with Crippen LogP contribution in [0.5, 0.6) is 0 Å². The molecule has 2 unspecified atom stereocenters. The molecule has 1 aromatic rings. The number of aryl methyl sites for hydroxylation is 1. The largest absolute Gasteiger partial charge is 0.393 e. The molecule has 1 aliphatic rings. The molecule has 1 aliphatic carbocycles. The lowest BCUT2D eigenvalue weighted by Gasteiger charge is -2.25. The first-order valence-electron chi connectivity index (χ1n) is 6.78. The highest BCUT2D eigenvalue weighted by Crippen LogP contribution is 2.23. The standard InChI is InChI=1S/C15H20FNO2/c1-10-5-6-14(16)13(7-10)15(19)17-9-11-3-2-4-12(18)8-11/h5-7,11-12,18H,2-4,8-9H2,1H3,(H,17,19). The summed E-state index contributed by atoms with van der Waals surface area (Å²) in [4.78, 5) is 11.9. The molecule has 0 spiro atoms. The molecule has 104 valence electrons. The number of carbonyl (C=O) groups is 1. The van der Waals surface area contributed by atoms with E-state index in [-0.39, 0.29) is 17.6 Å². The van der Waals surface area contributed by atoms with Gasteiger partial charge in [-0.3, -0.25) is 4.79 Å². The number of aliphatic hydroxyl groups excluding tert-OH is 1. The SMILES string of the molecule is Cc1ccc(F)c(C(=O)NCC2CCCC(O)C2)c1. The topological polar surface area (TPSA) is 49.3 Å². The molecular weight excluding hydrogens is 245 g/mol. The van der Waals surface area contributed by atoms with Gasteiger partial charge in [-0.25, -0.2) is 4.39 Å². The minimum Gasteiger partial charge on any atom is -0.393 e. The molecule has 1 saturated carbocycles. The minimum absolute atomic E-state index is 0.0938. The van der Waals surface area contributed by atoms with E-state index < -0.39 is 5.82 Å². The Balaban J connectivity index is 1.92. The Bertz CT molecular complexity index is 461. The lowest BCUT2D eigenvalue weighted by atomic mass is 9.87. The second-order valence-electron chi connectivity index (χ2n) is 5.38. The van der Waals surface area contributed by atoms with Crippen molar-refractivity contribution in [1.29, 1.82) is 0 Å². The first-order valence-corrected chi connectivity index (χ1v) is 6.78. The first kappa shape index (κ1) is 14.0. The van der Waals surface area contributed by atoms with E-state index in [4.69, 9.17) is 0 Å². The van der Waals surface area contributed by atoms with Crippen molar-refractivity contribution in [3.8, 4) is 0 Å². The number of halogens is 1. The summed E-state index contributed by atoms with van der Waals surface area (Å²) in [5, 5.41) is 12.3. The number of amides is 1. The van der Waals surface area contributed by atoms with Gasteiger partial charge in [-0.05, 0) is 44.2 Å². The van der Waals surface area contributed by atoms with Gasteiger partial charge < -0.3 is 10.4 Å². The Morgan fingerprint density at radius 2 is 2.26 bits per heavy atom. The smallest absolute Gasteiger partial charge is 0.254 e. The van der Waals surface area contributed by atoms with Crippen LogP contribution in [0.2, 0.25) is 0 Å². The van der Waals surface area contributed by atoms with Gasteiger partial charge in [0.05, 0.1) is 11.7 Å². The molecule has 3 nitrogen and oxygen atoms in total. The number of rotatable bonds is 3. The molecule has 1 amide bonds. The molecule has 2 N–H and O–H groups in total. The average Bonchev–Trinajstić information content (AvgIpc) is 2.39. The van der Waals surface area contributed by atoms with Crippen molar-refractivity contribution >= 4 is 5.91 Å². The van der Waals surface area contributed by atoms with Gasteiger partial charge in [-0.15, -0.1) is 0 Å². The van der Waals surface area contributed by atoms with E-state index in [1.165, 1.54) is 6.07 Å². The lowest BCUT2D eigenvalue weighted by molar-refractivity contribution is 0.0871. The van der Waals surface area contributed by atoms with E-state index in [9.17, 15) is 14.3 Å². The molecule has 1 fully saturated rings. The number of benzene rings is 1. The summed E-state index contributed by atoms with van der Waals surface area (Å²) >= 11 is 0. The zero-order valence-electron chi connectivity index (χ0n) is 11.2. The van der Waals surface area contributed by atoms with E-state index in [1.807, 2.05) is 6.92 Å². The zero-order valence-corrected chi connectivity index (χ0v) is 11.2. The third-order valence-corrected chi connectivity index (χ3v) is 3.67. The van der Waals surface area contributed by atoms with Crippen LogP contribution in [0.3, 0.4) is 0 Å². The number of aliphatic hydroxyl groups is 1. The van der Waals surface area contributed by atoms with E-state index in [0.29, 0.717) is 12.5 Å². The van der Waals surface area contributed by atoms with Crippen LogP contribution in [0.1, 0.15) is 41.6 Å². The molecule has 0 aromatic heterocycles. The molecule has 1 aromatic carbocycles. The monoisotopic (exact) mass is 265 g/mol. The summed E-state index contributed by atoms with van der Waals surface area (Å²) in [5.41, 5.74) is 0.955. The third kappa shape index (κ3) is 3.77. The summed E-state index contributed by atoms with van der Waals surface area (Å²) in [5.74, 6) is -0.575. The number of carbonyl (C=O) groups excluding carboxylic acids is 1. The van der Waals surface area contributed by atoms with Gasteiger partial charge >= 0.3 is 0 Å². The molecule has 19 heavy (non-hydrogen) atoms. The maximum Gasteiger partial charge on any atom is 0.254 e. The number of nitrogens with one attached hydrogen (secondary N) is 1. The van der Waals surface area contributed by atoms with Gasteiger partial charge in [-0.1, -0.05) is 18.1 Å². The summed E-state index contributed by atoms with van der Waals surface area (Å²) in [7, 11) is 0. The molecule has 2 rings (SSSR count). The van der Waals surface area contributed by atoms with E-state index in [2.05, 4.69) is 5.32 Å². The second kappa shape index (κ2) is 6.15. The Hall–Kier alpha value is -1.42. The van der Waals surface area contributed by atoms with Crippen LogP contribution in [0, 0.1) is 18.7 Å². The molecule has 4 heteroatoms. The number of hydrogen-bond donors (Lipinski definition) is 2. The van der Waals surface area contributed by atoms with Crippen molar-refractivity contribution in [2.75, 3.05) is 6.54 Å². The van der Waals surface area contributed by atoms with Crippen LogP contribution >= 0.6 is 0 Å². The maximum absolute atomic E-state index is 13.5. The van der Waals surface area contributed by atoms with Gasteiger partial charge in [0.1, 0.15) is 5.82 Å². The summed E-state index contributed by atoms with van der Waals surface area (Å²) in [6.45, 7) is 2.33. The quantitative estimate of drug-likeness (QED) is 0.881. The van der Waals surface area contributed by atoms with Crippen molar-refractivity contribution in [1.82, 2.24) is 5.32 Å². The van der Waals surface area contributed by atoms with Crippen LogP contribution in [0.4, 0.5) is 4.39 Å². The average molecular weight is 265 g/mol. The van der Waals surface area contributed by atoms with Crippen molar-refractivity contribution in [2.45, 2.75) is 38.7 Å². The molecule has 0 radical (unpaired) electrons. The minimum atomic E-state index is -0.494. The van der Waals surface area contributed by atoms with Crippen LogP contribution < -0.4 is 5.32 Å². The maximum atomic E-state index is 13.5. The Kier molecular flexibility index (Phi) is 4.53. The van der Waals surface area contributed by atoms with Crippen molar-refractivity contribution in [3.05, 3.63) is 35.1 Å². The molecule has 0 bridgehead atoms. The van der Waals surface area contributed by atoms with Gasteiger partial charge in [0.15, 0.2) is 0 Å².